The number of hydrogen-bond donors (Lipinski definition) is 1. The Balaban J connectivity index is 1.26. The van der Waals surface area contributed by atoms with Gasteiger partial charge in [0.15, 0.2) is 11.5 Å². The van der Waals surface area contributed by atoms with E-state index in [2.05, 4.69) is 4.90 Å². The SMILES string of the molecule is O[C@H](COCc1ccc2c(c1)OCO2)CN(Cc1ccccc1F)C1CC1. The third-order valence-electron chi connectivity index (χ3n) is 4.86. The Kier molecular flexibility index (Phi) is 5.57. The van der Waals surface area contributed by atoms with E-state index in [0.717, 1.165) is 29.9 Å². The molecule has 1 heterocycles. The van der Waals surface area contributed by atoms with E-state index < -0.39 is 6.10 Å². The molecule has 0 spiro atoms. The van der Waals surface area contributed by atoms with Crippen LogP contribution < -0.4 is 9.47 Å². The monoisotopic (exact) mass is 373 g/mol. The van der Waals surface area contributed by atoms with Crippen LogP contribution in [0.25, 0.3) is 0 Å². The molecule has 2 aromatic carbocycles. The Morgan fingerprint density at radius 3 is 2.78 bits per heavy atom. The summed E-state index contributed by atoms with van der Waals surface area (Å²) in [4.78, 5) is 2.15. The molecule has 1 atom stereocenters. The summed E-state index contributed by atoms with van der Waals surface area (Å²) in [6.45, 7) is 1.85. The van der Waals surface area contributed by atoms with Crippen LogP contribution in [0.1, 0.15) is 24.0 Å². The first-order valence-corrected chi connectivity index (χ1v) is 9.31. The molecule has 4 rings (SSSR count). The number of ether oxygens (including phenoxy) is 3. The zero-order valence-electron chi connectivity index (χ0n) is 15.1. The quantitative estimate of drug-likeness (QED) is 0.732. The largest absolute Gasteiger partial charge is 0.454 e. The molecule has 0 saturated heterocycles. The molecule has 27 heavy (non-hydrogen) atoms. The van der Waals surface area contributed by atoms with E-state index in [4.69, 9.17) is 14.2 Å². The van der Waals surface area contributed by atoms with Crippen molar-refractivity contribution in [2.75, 3.05) is 19.9 Å². The van der Waals surface area contributed by atoms with Crippen LogP contribution in [0.2, 0.25) is 0 Å². The second-order valence-corrected chi connectivity index (χ2v) is 7.11. The summed E-state index contributed by atoms with van der Waals surface area (Å²) < 4.78 is 30.2. The highest BCUT2D eigenvalue weighted by molar-refractivity contribution is 5.44. The van der Waals surface area contributed by atoms with Gasteiger partial charge in [0.05, 0.1) is 19.3 Å². The van der Waals surface area contributed by atoms with Gasteiger partial charge in [-0.05, 0) is 36.6 Å². The highest BCUT2D eigenvalue weighted by Gasteiger charge is 2.30. The lowest BCUT2D eigenvalue weighted by atomic mass is 10.2. The molecule has 0 unspecified atom stereocenters. The van der Waals surface area contributed by atoms with Crippen LogP contribution in [0.15, 0.2) is 42.5 Å². The Labute approximate surface area is 158 Å². The average Bonchev–Trinajstić information content (AvgIpc) is 3.40. The van der Waals surface area contributed by atoms with E-state index in [1.165, 1.54) is 6.07 Å². The minimum absolute atomic E-state index is 0.198. The normalized spacial score (nSPS) is 16.7. The van der Waals surface area contributed by atoms with Crippen molar-refractivity contribution in [1.82, 2.24) is 4.90 Å². The third kappa shape index (κ3) is 4.77. The van der Waals surface area contributed by atoms with E-state index in [-0.39, 0.29) is 19.2 Å². The number of fused-ring (bicyclic) bond motifs is 1. The summed E-state index contributed by atoms with van der Waals surface area (Å²) in [5.41, 5.74) is 1.63. The number of nitrogens with zero attached hydrogens (tertiary/aromatic N) is 1. The van der Waals surface area contributed by atoms with Crippen molar-refractivity contribution in [3.05, 3.63) is 59.4 Å². The van der Waals surface area contributed by atoms with Crippen molar-refractivity contribution < 1.29 is 23.7 Å². The van der Waals surface area contributed by atoms with Gasteiger partial charge in [-0.2, -0.15) is 0 Å². The number of aliphatic hydroxyl groups is 1. The molecule has 1 fully saturated rings. The fourth-order valence-corrected chi connectivity index (χ4v) is 3.29. The lowest BCUT2D eigenvalue weighted by Crippen LogP contribution is -2.36. The summed E-state index contributed by atoms with van der Waals surface area (Å²) in [5, 5.41) is 10.4. The second-order valence-electron chi connectivity index (χ2n) is 7.11. The summed E-state index contributed by atoms with van der Waals surface area (Å²) in [7, 11) is 0. The van der Waals surface area contributed by atoms with Crippen LogP contribution in [0.5, 0.6) is 11.5 Å². The van der Waals surface area contributed by atoms with Crippen molar-refractivity contribution in [2.24, 2.45) is 0 Å². The van der Waals surface area contributed by atoms with Gasteiger partial charge in [-0.3, -0.25) is 4.90 Å². The molecule has 2 aromatic rings. The van der Waals surface area contributed by atoms with Crippen molar-refractivity contribution in [1.29, 1.82) is 0 Å². The summed E-state index contributed by atoms with van der Waals surface area (Å²) in [6.07, 6.45) is 1.57. The molecule has 1 saturated carbocycles. The summed E-state index contributed by atoms with van der Waals surface area (Å²) in [6, 6.07) is 12.9. The van der Waals surface area contributed by atoms with E-state index in [0.29, 0.717) is 31.3 Å². The Hall–Kier alpha value is -2.15. The Morgan fingerprint density at radius 1 is 1.15 bits per heavy atom. The van der Waals surface area contributed by atoms with E-state index in [1.54, 1.807) is 12.1 Å². The number of benzene rings is 2. The molecule has 1 aliphatic carbocycles. The first kappa shape index (κ1) is 18.2. The number of hydrogen-bond acceptors (Lipinski definition) is 5. The Bertz CT molecular complexity index is 781. The highest BCUT2D eigenvalue weighted by Crippen LogP contribution is 2.32. The van der Waals surface area contributed by atoms with Crippen LogP contribution in [0.3, 0.4) is 0 Å². The topological polar surface area (TPSA) is 51.2 Å². The fraction of sp³-hybridized carbons (Fsp3) is 0.429. The minimum atomic E-state index is -0.619. The van der Waals surface area contributed by atoms with Crippen molar-refractivity contribution in [3.8, 4) is 11.5 Å². The Morgan fingerprint density at radius 2 is 1.96 bits per heavy atom. The standard InChI is InChI=1S/C21H24FNO4/c22-19-4-2-1-3-16(19)10-23(17-6-7-17)11-18(24)13-25-12-15-5-8-20-21(9-15)27-14-26-20/h1-5,8-9,17-18,24H,6-7,10-14H2/t18-/m0/s1. The maximum Gasteiger partial charge on any atom is 0.231 e. The molecular weight excluding hydrogens is 349 g/mol. The van der Waals surface area contributed by atoms with E-state index in [9.17, 15) is 9.50 Å². The van der Waals surface area contributed by atoms with Gasteiger partial charge in [0.1, 0.15) is 5.82 Å². The molecule has 0 bridgehead atoms. The zero-order valence-corrected chi connectivity index (χ0v) is 15.1. The van der Waals surface area contributed by atoms with Gasteiger partial charge in [0.25, 0.3) is 0 Å². The van der Waals surface area contributed by atoms with Gasteiger partial charge in [-0.1, -0.05) is 24.3 Å². The lowest BCUT2D eigenvalue weighted by Gasteiger charge is -2.25. The maximum atomic E-state index is 13.9. The first-order chi connectivity index (χ1) is 13.2. The zero-order chi connectivity index (χ0) is 18.6. The summed E-state index contributed by atoms with van der Waals surface area (Å²) in [5.74, 6) is 1.27. The van der Waals surface area contributed by atoms with Crippen LogP contribution in [0.4, 0.5) is 4.39 Å². The minimum Gasteiger partial charge on any atom is -0.454 e. The molecule has 1 N–H and O–H groups in total. The molecular formula is C21H24FNO4. The van der Waals surface area contributed by atoms with E-state index in [1.807, 2.05) is 24.3 Å². The van der Waals surface area contributed by atoms with E-state index >= 15 is 0 Å². The molecule has 0 aromatic heterocycles. The predicted molar refractivity (Wildman–Crippen MR) is 98.1 cm³/mol. The van der Waals surface area contributed by atoms with Crippen LogP contribution in [-0.2, 0) is 17.9 Å². The molecule has 0 amide bonds. The lowest BCUT2D eigenvalue weighted by molar-refractivity contribution is 0.00687. The fourth-order valence-electron chi connectivity index (χ4n) is 3.29. The molecule has 0 radical (unpaired) electrons. The van der Waals surface area contributed by atoms with Crippen molar-refractivity contribution in [2.45, 2.75) is 38.1 Å². The highest BCUT2D eigenvalue weighted by atomic mass is 19.1. The third-order valence-corrected chi connectivity index (χ3v) is 4.86. The van der Waals surface area contributed by atoms with Gasteiger partial charge in [-0.25, -0.2) is 4.39 Å². The van der Waals surface area contributed by atoms with Crippen LogP contribution in [0, 0.1) is 5.82 Å². The molecule has 144 valence electrons. The average molecular weight is 373 g/mol. The molecule has 6 heteroatoms. The van der Waals surface area contributed by atoms with Gasteiger partial charge >= 0.3 is 0 Å². The second kappa shape index (κ2) is 8.25. The van der Waals surface area contributed by atoms with Gasteiger partial charge in [0, 0.05) is 24.7 Å². The smallest absolute Gasteiger partial charge is 0.231 e. The summed E-state index contributed by atoms with van der Waals surface area (Å²) >= 11 is 0. The van der Waals surface area contributed by atoms with Crippen molar-refractivity contribution >= 4 is 0 Å². The number of halogens is 1. The van der Waals surface area contributed by atoms with Gasteiger partial charge in [0.2, 0.25) is 6.79 Å². The van der Waals surface area contributed by atoms with Crippen molar-refractivity contribution in [3.63, 3.8) is 0 Å². The predicted octanol–water partition coefficient (Wildman–Crippen LogP) is 3.10. The molecule has 5 nitrogen and oxygen atoms in total. The van der Waals surface area contributed by atoms with Gasteiger partial charge in [-0.15, -0.1) is 0 Å². The first-order valence-electron chi connectivity index (χ1n) is 9.31. The van der Waals surface area contributed by atoms with Gasteiger partial charge < -0.3 is 19.3 Å². The molecule has 1 aliphatic heterocycles. The number of aliphatic hydroxyl groups excluding tert-OH is 1. The molecule has 2 aliphatic rings. The van der Waals surface area contributed by atoms with Crippen LogP contribution in [-0.4, -0.2) is 42.1 Å². The van der Waals surface area contributed by atoms with Crippen LogP contribution >= 0.6 is 0 Å². The number of rotatable bonds is 9. The maximum absolute atomic E-state index is 13.9.